The molecule has 0 aliphatic rings. The molecule has 4 nitrogen and oxygen atoms in total. The summed E-state index contributed by atoms with van der Waals surface area (Å²) < 4.78 is 0. The van der Waals surface area contributed by atoms with Crippen LogP contribution in [0.4, 0.5) is 0 Å². The highest BCUT2D eigenvalue weighted by atomic mass is 16.4. The summed E-state index contributed by atoms with van der Waals surface area (Å²) in [6.45, 7) is 3.55. The minimum Gasteiger partial charge on any atom is -0.478 e. The number of nitrogens with zero attached hydrogens (tertiary/aromatic N) is 1. The van der Waals surface area contributed by atoms with E-state index in [2.05, 4.69) is 0 Å². The molecule has 1 aromatic rings. The third-order valence-electron chi connectivity index (χ3n) is 3.13. The molecule has 1 aromatic carbocycles. The lowest BCUT2D eigenvalue weighted by molar-refractivity contribution is -0.133. The zero-order chi connectivity index (χ0) is 14.4. The van der Waals surface area contributed by atoms with E-state index in [1.54, 1.807) is 18.9 Å². The normalized spacial score (nSPS) is 11.7. The monoisotopic (exact) mass is 261 g/mol. The average Bonchev–Trinajstić information content (AvgIpc) is 2.43. The molecule has 1 amide bonds. The van der Waals surface area contributed by atoms with E-state index >= 15 is 0 Å². The Morgan fingerprint density at radius 2 is 1.68 bits per heavy atom. The highest BCUT2D eigenvalue weighted by molar-refractivity contribution is 6.01. The number of likely N-dealkylation sites (N-methyl/N-ethyl adjacent to an activating group) is 1. The number of aliphatic carboxylic acids is 1. The fraction of sp³-hybridized carbons (Fsp3) is 0.333. The number of hydrogen-bond donors (Lipinski definition) is 1. The largest absolute Gasteiger partial charge is 0.478 e. The molecule has 0 heterocycles. The first-order valence-corrected chi connectivity index (χ1v) is 6.13. The first-order valence-electron chi connectivity index (χ1n) is 6.13. The molecule has 0 aliphatic carbocycles. The number of hydrogen-bond acceptors (Lipinski definition) is 2. The van der Waals surface area contributed by atoms with Gasteiger partial charge in [-0.05, 0) is 25.8 Å². The van der Waals surface area contributed by atoms with Crippen molar-refractivity contribution in [2.45, 2.75) is 20.3 Å². The van der Waals surface area contributed by atoms with E-state index in [1.807, 2.05) is 30.3 Å². The number of carboxylic acids is 1. The fourth-order valence-electron chi connectivity index (χ4n) is 1.65. The number of carbonyl (C=O) groups is 2. The molecular formula is C15H19NO3. The van der Waals surface area contributed by atoms with Crippen LogP contribution in [0.1, 0.15) is 19.4 Å². The molecule has 4 heteroatoms. The van der Waals surface area contributed by atoms with Crippen LogP contribution in [-0.4, -0.2) is 35.5 Å². The van der Waals surface area contributed by atoms with Crippen molar-refractivity contribution in [3.63, 3.8) is 0 Å². The molecule has 0 atom stereocenters. The zero-order valence-electron chi connectivity index (χ0n) is 11.5. The van der Waals surface area contributed by atoms with Gasteiger partial charge < -0.3 is 10.0 Å². The summed E-state index contributed by atoms with van der Waals surface area (Å²) in [5, 5.41) is 8.86. The van der Waals surface area contributed by atoms with Crippen molar-refractivity contribution in [3.05, 3.63) is 47.0 Å². The number of benzene rings is 1. The SMILES string of the molecule is C/C(C(=O)O)=C(\C)C(=O)N(C)CCc1ccccc1. The molecule has 19 heavy (non-hydrogen) atoms. The van der Waals surface area contributed by atoms with Crippen LogP contribution < -0.4 is 0 Å². The lowest BCUT2D eigenvalue weighted by Gasteiger charge is -2.18. The smallest absolute Gasteiger partial charge is 0.331 e. The van der Waals surface area contributed by atoms with Gasteiger partial charge in [-0.1, -0.05) is 30.3 Å². The van der Waals surface area contributed by atoms with E-state index in [4.69, 9.17) is 5.11 Å². The quantitative estimate of drug-likeness (QED) is 0.826. The molecule has 0 aromatic heterocycles. The Balaban J connectivity index is 2.64. The van der Waals surface area contributed by atoms with Gasteiger partial charge in [0.25, 0.3) is 0 Å². The Labute approximate surface area is 113 Å². The molecule has 0 radical (unpaired) electrons. The van der Waals surface area contributed by atoms with Gasteiger partial charge in [0.2, 0.25) is 5.91 Å². The Kier molecular flexibility index (Phi) is 5.30. The predicted octanol–water partition coefficient (Wildman–Crippen LogP) is 2.11. The maximum Gasteiger partial charge on any atom is 0.331 e. The summed E-state index contributed by atoms with van der Waals surface area (Å²) in [6, 6.07) is 9.86. The van der Waals surface area contributed by atoms with Crippen LogP contribution >= 0.6 is 0 Å². The first kappa shape index (κ1) is 15.0. The molecule has 0 bridgehead atoms. The van der Waals surface area contributed by atoms with Crippen molar-refractivity contribution in [1.82, 2.24) is 4.90 Å². The Hall–Kier alpha value is -2.10. The van der Waals surface area contributed by atoms with Crippen molar-refractivity contribution >= 4 is 11.9 Å². The summed E-state index contributed by atoms with van der Waals surface area (Å²) in [6.07, 6.45) is 0.752. The Morgan fingerprint density at radius 3 is 2.21 bits per heavy atom. The van der Waals surface area contributed by atoms with Crippen molar-refractivity contribution < 1.29 is 14.7 Å². The van der Waals surface area contributed by atoms with E-state index < -0.39 is 5.97 Å². The molecular weight excluding hydrogens is 242 g/mol. The van der Waals surface area contributed by atoms with Gasteiger partial charge >= 0.3 is 5.97 Å². The summed E-state index contributed by atoms with van der Waals surface area (Å²) in [4.78, 5) is 24.4. The van der Waals surface area contributed by atoms with E-state index in [-0.39, 0.29) is 17.1 Å². The van der Waals surface area contributed by atoms with Crippen molar-refractivity contribution in [3.8, 4) is 0 Å². The van der Waals surface area contributed by atoms with E-state index in [9.17, 15) is 9.59 Å². The Morgan fingerprint density at radius 1 is 1.11 bits per heavy atom. The summed E-state index contributed by atoms with van der Waals surface area (Å²) >= 11 is 0. The van der Waals surface area contributed by atoms with Crippen LogP contribution in [0.2, 0.25) is 0 Å². The van der Waals surface area contributed by atoms with Crippen LogP contribution in [0.3, 0.4) is 0 Å². The minimum absolute atomic E-state index is 0.0940. The highest BCUT2D eigenvalue weighted by Gasteiger charge is 2.16. The van der Waals surface area contributed by atoms with Gasteiger partial charge in [-0.2, -0.15) is 0 Å². The second-order valence-electron chi connectivity index (χ2n) is 4.52. The van der Waals surface area contributed by atoms with Gasteiger partial charge in [-0.3, -0.25) is 4.79 Å². The maximum atomic E-state index is 12.0. The van der Waals surface area contributed by atoms with Gasteiger partial charge in [0, 0.05) is 24.7 Å². The van der Waals surface area contributed by atoms with Crippen LogP contribution in [0.5, 0.6) is 0 Å². The van der Waals surface area contributed by atoms with Gasteiger partial charge in [0.1, 0.15) is 0 Å². The van der Waals surface area contributed by atoms with E-state index in [1.165, 1.54) is 6.92 Å². The molecule has 102 valence electrons. The zero-order valence-corrected chi connectivity index (χ0v) is 11.5. The molecule has 0 unspecified atom stereocenters. The lowest BCUT2D eigenvalue weighted by atomic mass is 10.1. The number of amides is 1. The van der Waals surface area contributed by atoms with Crippen LogP contribution in [0, 0.1) is 0 Å². The molecule has 0 saturated heterocycles. The lowest BCUT2D eigenvalue weighted by Crippen LogP contribution is -2.30. The third-order valence-corrected chi connectivity index (χ3v) is 3.13. The fourth-order valence-corrected chi connectivity index (χ4v) is 1.65. The van der Waals surface area contributed by atoms with Crippen molar-refractivity contribution in [2.75, 3.05) is 13.6 Å². The molecule has 0 saturated carbocycles. The number of carboxylic acid groups (broad SMARTS) is 1. The summed E-state index contributed by atoms with van der Waals surface area (Å²) in [5.41, 5.74) is 1.53. The van der Waals surface area contributed by atoms with Gasteiger partial charge in [-0.25, -0.2) is 4.79 Å². The minimum atomic E-state index is -1.05. The second kappa shape index (κ2) is 6.73. The van der Waals surface area contributed by atoms with Gasteiger partial charge in [-0.15, -0.1) is 0 Å². The Bertz CT molecular complexity index is 491. The highest BCUT2D eigenvalue weighted by Crippen LogP contribution is 2.08. The van der Waals surface area contributed by atoms with E-state index in [0.717, 1.165) is 12.0 Å². The summed E-state index contributed by atoms with van der Waals surface area (Å²) in [7, 11) is 1.68. The van der Waals surface area contributed by atoms with Gasteiger partial charge in [0.15, 0.2) is 0 Å². The number of carbonyl (C=O) groups excluding carboxylic acids is 1. The molecule has 0 aliphatic heterocycles. The number of rotatable bonds is 5. The maximum absolute atomic E-state index is 12.0. The van der Waals surface area contributed by atoms with Gasteiger partial charge in [0.05, 0.1) is 0 Å². The molecule has 1 N–H and O–H groups in total. The van der Waals surface area contributed by atoms with Crippen LogP contribution in [-0.2, 0) is 16.0 Å². The predicted molar refractivity (Wildman–Crippen MR) is 73.8 cm³/mol. The standard InChI is InChI=1S/C15H19NO3/c1-11(12(2)15(18)19)14(17)16(3)10-9-13-7-5-4-6-8-13/h4-8H,9-10H2,1-3H3,(H,18,19)/b12-11-. The van der Waals surface area contributed by atoms with Crippen LogP contribution in [0.15, 0.2) is 41.5 Å². The van der Waals surface area contributed by atoms with Crippen molar-refractivity contribution in [2.24, 2.45) is 0 Å². The van der Waals surface area contributed by atoms with Crippen molar-refractivity contribution in [1.29, 1.82) is 0 Å². The third kappa shape index (κ3) is 4.25. The topological polar surface area (TPSA) is 57.6 Å². The first-order chi connectivity index (χ1) is 8.93. The molecule has 0 fully saturated rings. The molecule has 0 spiro atoms. The van der Waals surface area contributed by atoms with E-state index in [0.29, 0.717) is 6.54 Å². The molecule has 1 rings (SSSR count). The van der Waals surface area contributed by atoms with Crippen LogP contribution in [0.25, 0.3) is 0 Å². The summed E-state index contributed by atoms with van der Waals surface area (Å²) in [5.74, 6) is -1.29. The second-order valence-corrected chi connectivity index (χ2v) is 4.52. The average molecular weight is 261 g/mol.